The maximum Gasteiger partial charge on any atom is 0.255 e. The van der Waals surface area contributed by atoms with E-state index in [0.717, 1.165) is 0 Å². The third-order valence-electron chi connectivity index (χ3n) is 1.96. The molecule has 0 unspecified atom stereocenters. The van der Waals surface area contributed by atoms with E-state index >= 15 is 0 Å². The van der Waals surface area contributed by atoms with Gasteiger partial charge in [-0.05, 0) is 27.0 Å². The highest BCUT2D eigenvalue weighted by atomic mass is 32.2. The van der Waals surface area contributed by atoms with Crippen LogP contribution in [-0.2, 0) is 5.54 Å². The second-order valence-electron chi connectivity index (χ2n) is 4.22. The molecule has 6 heteroatoms. The quantitative estimate of drug-likeness (QED) is 0.740. The number of nitrogen functional groups attached to an aromatic ring is 1. The van der Waals surface area contributed by atoms with Gasteiger partial charge < -0.3 is 11.5 Å². The topological polar surface area (TPSA) is 86.9 Å². The van der Waals surface area contributed by atoms with Gasteiger partial charge in [-0.25, -0.2) is 4.68 Å². The van der Waals surface area contributed by atoms with E-state index < -0.39 is 5.91 Å². The van der Waals surface area contributed by atoms with Crippen LogP contribution in [0.15, 0.2) is 5.03 Å². The highest BCUT2D eigenvalue weighted by Crippen LogP contribution is 2.28. The highest BCUT2D eigenvalue weighted by molar-refractivity contribution is 7.98. The van der Waals surface area contributed by atoms with Gasteiger partial charge in [0.15, 0.2) is 0 Å². The summed E-state index contributed by atoms with van der Waals surface area (Å²) in [6, 6.07) is 0. The van der Waals surface area contributed by atoms with E-state index in [1.807, 2.05) is 27.0 Å². The Kier molecular flexibility index (Phi) is 2.99. The third kappa shape index (κ3) is 2.09. The van der Waals surface area contributed by atoms with Crippen LogP contribution < -0.4 is 11.5 Å². The Hall–Kier alpha value is -1.17. The van der Waals surface area contributed by atoms with E-state index in [0.29, 0.717) is 16.4 Å². The van der Waals surface area contributed by atoms with Crippen LogP contribution in [0.5, 0.6) is 0 Å². The molecule has 0 spiro atoms. The van der Waals surface area contributed by atoms with Crippen LogP contribution in [0.4, 0.5) is 5.82 Å². The molecule has 0 aliphatic rings. The zero-order valence-electron chi connectivity index (χ0n) is 9.37. The van der Waals surface area contributed by atoms with Crippen molar-refractivity contribution >= 4 is 23.5 Å². The molecule has 0 saturated carbocycles. The molecule has 0 aliphatic heterocycles. The van der Waals surface area contributed by atoms with Crippen LogP contribution >= 0.6 is 11.8 Å². The summed E-state index contributed by atoms with van der Waals surface area (Å²) < 4.78 is 1.62. The Balaban J connectivity index is 3.41. The SMILES string of the molecule is CSc1nn(C(C)(C)C)c(N)c1C(N)=O. The third-order valence-corrected chi connectivity index (χ3v) is 2.64. The maximum atomic E-state index is 11.2. The zero-order valence-corrected chi connectivity index (χ0v) is 10.2. The first-order valence-corrected chi connectivity index (χ1v) is 5.74. The number of aromatic nitrogens is 2. The molecule has 1 aromatic rings. The Morgan fingerprint density at radius 1 is 1.47 bits per heavy atom. The van der Waals surface area contributed by atoms with Crippen LogP contribution in [0.3, 0.4) is 0 Å². The number of carbonyl (C=O) groups excluding carboxylic acids is 1. The fraction of sp³-hybridized carbons (Fsp3) is 0.556. The van der Waals surface area contributed by atoms with Gasteiger partial charge in [0.1, 0.15) is 16.4 Å². The van der Waals surface area contributed by atoms with Crippen molar-refractivity contribution in [2.45, 2.75) is 31.3 Å². The average molecular weight is 228 g/mol. The molecule has 0 fully saturated rings. The van der Waals surface area contributed by atoms with E-state index in [9.17, 15) is 4.79 Å². The normalized spacial score (nSPS) is 11.7. The number of primary amides is 1. The molecule has 4 N–H and O–H groups in total. The van der Waals surface area contributed by atoms with E-state index in [2.05, 4.69) is 5.10 Å². The molecular formula is C9H16N4OS. The molecule has 1 amide bonds. The van der Waals surface area contributed by atoms with Crippen molar-refractivity contribution < 1.29 is 4.79 Å². The second kappa shape index (κ2) is 3.77. The zero-order chi connectivity index (χ0) is 11.8. The summed E-state index contributed by atoms with van der Waals surface area (Å²) in [6.45, 7) is 5.89. The van der Waals surface area contributed by atoms with Crippen molar-refractivity contribution in [1.82, 2.24) is 9.78 Å². The number of rotatable bonds is 2. The number of amides is 1. The van der Waals surface area contributed by atoms with Gasteiger partial charge in [-0.15, -0.1) is 11.8 Å². The van der Waals surface area contributed by atoms with E-state index in [1.54, 1.807) is 4.68 Å². The van der Waals surface area contributed by atoms with Crippen molar-refractivity contribution in [1.29, 1.82) is 0 Å². The predicted octanol–water partition coefficient (Wildman–Crippen LogP) is 1.04. The molecule has 1 aromatic heterocycles. The number of hydrogen-bond donors (Lipinski definition) is 2. The first-order chi connectivity index (χ1) is 6.79. The molecule has 0 aromatic carbocycles. The molecule has 0 aliphatic carbocycles. The summed E-state index contributed by atoms with van der Waals surface area (Å²) in [7, 11) is 0. The highest BCUT2D eigenvalue weighted by Gasteiger charge is 2.25. The van der Waals surface area contributed by atoms with E-state index in [-0.39, 0.29) is 5.54 Å². The number of nitrogens with two attached hydrogens (primary N) is 2. The van der Waals surface area contributed by atoms with Gasteiger partial charge >= 0.3 is 0 Å². The Bertz CT molecular complexity index is 392. The van der Waals surface area contributed by atoms with Gasteiger partial charge in [0, 0.05) is 0 Å². The summed E-state index contributed by atoms with van der Waals surface area (Å²) in [5, 5.41) is 4.85. The fourth-order valence-electron chi connectivity index (χ4n) is 1.30. The van der Waals surface area contributed by atoms with Crippen LogP contribution in [-0.4, -0.2) is 21.9 Å². The van der Waals surface area contributed by atoms with Crippen LogP contribution in [0.25, 0.3) is 0 Å². The standard InChI is InChI=1S/C9H16N4OS/c1-9(2,3)13-6(10)5(7(11)14)8(12-13)15-4/h10H2,1-4H3,(H2,11,14). The maximum absolute atomic E-state index is 11.2. The van der Waals surface area contributed by atoms with Crippen molar-refractivity contribution in [2.24, 2.45) is 5.73 Å². The van der Waals surface area contributed by atoms with Gasteiger partial charge in [-0.1, -0.05) is 0 Å². The molecule has 0 saturated heterocycles. The summed E-state index contributed by atoms with van der Waals surface area (Å²) >= 11 is 1.36. The minimum absolute atomic E-state index is 0.262. The number of hydrogen-bond acceptors (Lipinski definition) is 4. The fourth-order valence-corrected chi connectivity index (χ4v) is 1.87. The summed E-state index contributed by atoms with van der Waals surface area (Å²) in [5.41, 5.74) is 11.2. The van der Waals surface area contributed by atoms with Gasteiger partial charge in [-0.3, -0.25) is 4.79 Å². The minimum Gasteiger partial charge on any atom is -0.383 e. The van der Waals surface area contributed by atoms with Crippen LogP contribution in [0.1, 0.15) is 31.1 Å². The van der Waals surface area contributed by atoms with Crippen molar-refractivity contribution in [2.75, 3.05) is 12.0 Å². The van der Waals surface area contributed by atoms with Gasteiger partial charge in [-0.2, -0.15) is 5.10 Å². The molecular weight excluding hydrogens is 212 g/mol. The lowest BCUT2D eigenvalue weighted by atomic mass is 10.1. The Morgan fingerprint density at radius 2 is 2.00 bits per heavy atom. The molecule has 0 radical (unpaired) electrons. The largest absolute Gasteiger partial charge is 0.383 e. The first-order valence-electron chi connectivity index (χ1n) is 4.51. The van der Waals surface area contributed by atoms with E-state index in [1.165, 1.54) is 11.8 Å². The van der Waals surface area contributed by atoms with Gasteiger partial charge in [0.05, 0.1) is 5.54 Å². The van der Waals surface area contributed by atoms with Gasteiger partial charge in [0.2, 0.25) is 0 Å². The molecule has 5 nitrogen and oxygen atoms in total. The summed E-state index contributed by atoms with van der Waals surface area (Å²) in [5.74, 6) is -0.202. The Morgan fingerprint density at radius 3 is 2.27 bits per heavy atom. The summed E-state index contributed by atoms with van der Waals surface area (Å²) in [4.78, 5) is 11.2. The lowest BCUT2D eigenvalue weighted by Crippen LogP contribution is -2.25. The molecule has 1 heterocycles. The lowest BCUT2D eigenvalue weighted by Gasteiger charge is -2.20. The van der Waals surface area contributed by atoms with Crippen molar-refractivity contribution in [3.63, 3.8) is 0 Å². The average Bonchev–Trinajstić information content (AvgIpc) is 2.41. The number of thioether (sulfide) groups is 1. The van der Waals surface area contributed by atoms with Crippen LogP contribution in [0, 0.1) is 0 Å². The van der Waals surface area contributed by atoms with Crippen molar-refractivity contribution in [3.05, 3.63) is 5.56 Å². The monoisotopic (exact) mass is 228 g/mol. The van der Waals surface area contributed by atoms with Crippen LogP contribution in [0.2, 0.25) is 0 Å². The number of nitrogens with zero attached hydrogens (tertiary/aromatic N) is 2. The second-order valence-corrected chi connectivity index (χ2v) is 5.01. The number of anilines is 1. The molecule has 1 rings (SSSR count). The smallest absolute Gasteiger partial charge is 0.255 e. The first kappa shape index (κ1) is 11.9. The molecule has 84 valence electrons. The minimum atomic E-state index is -0.535. The predicted molar refractivity (Wildman–Crippen MR) is 61.9 cm³/mol. The van der Waals surface area contributed by atoms with Gasteiger partial charge in [0.25, 0.3) is 5.91 Å². The lowest BCUT2D eigenvalue weighted by molar-refractivity contribution is 0.0998. The van der Waals surface area contributed by atoms with E-state index in [4.69, 9.17) is 11.5 Å². The summed E-state index contributed by atoms with van der Waals surface area (Å²) in [6.07, 6.45) is 1.83. The Labute approximate surface area is 93.2 Å². The number of carbonyl (C=O) groups is 1. The van der Waals surface area contributed by atoms with Crippen molar-refractivity contribution in [3.8, 4) is 0 Å². The molecule has 0 atom stereocenters. The molecule has 0 bridgehead atoms. The molecule has 15 heavy (non-hydrogen) atoms.